The van der Waals surface area contributed by atoms with Crippen LogP contribution in [0.25, 0.3) is 10.6 Å². The minimum absolute atomic E-state index is 0.271. The van der Waals surface area contributed by atoms with E-state index in [9.17, 15) is 4.39 Å². The molecule has 1 heterocycles. The minimum Gasteiger partial charge on any atom is -0.383 e. The van der Waals surface area contributed by atoms with Crippen LogP contribution in [0, 0.1) is 5.82 Å². The van der Waals surface area contributed by atoms with E-state index in [0.717, 1.165) is 35.1 Å². The molecule has 108 valence electrons. The van der Waals surface area contributed by atoms with E-state index in [1.54, 1.807) is 13.2 Å². The van der Waals surface area contributed by atoms with E-state index >= 15 is 0 Å². The van der Waals surface area contributed by atoms with Crippen molar-refractivity contribution in [3.05, 3.63) is 33.5 Å². The molecule has 1 N–H and O–H groups in total. The highest BCUT2D eigenvalue weighted by Crippen LogP contribution is 2.31. The third-order valence-corrected chi connectivity index (χ3v) is 4.30. The topological polar surface area (TPSA) is 47.0 Å². The number of methoxy groups -OCH3 is 1. The fourth-order valence-corrected chi connectivity index (χ4v) is 3.17. The number of nitrogens with zero attached hydrogens (tertiary/aromatic N) is 2. The van der Waals surface area contributed by atoms with Crippen LogP contribution in [0.15, 0.2) is 22.7 Å². The maximum absolute atomic E-state index is 13.1. The molecular weight excluding hydrogens is 345 g/mol. The molecule has 4 nitrogen and oxygen atoms in total. The van der Waals surface area contributed by atoms with Gasteiger partial charge in [0.25, 0.3) is 0 Å². The van der Waals surface area contributed by atoms with E-state index in [1.807, 2.05) is 0 Å². The van der Waals surface area contributed by atoms with Crippen LogP contribution in [-0.4, -0.2) is 37.0 Å². The average molecular weight is 360 g/mol. The monoisotopic (exact) mass is 359 g/mol. The van der Waals surface area contributed by atoms with Crippen molar-refractivity contribution in [3.63, 3.8) is 0 Å². The third-order valence-electron chi connectivity index (χ3n) is 2.63. The van der Waals surface area contributed by atoms with Gasteiger partial charge in [0.15, 0.2) is 0 Å². The minimum atomic E-state index is -0.271. The quantitative estimate of drug-likeness (QED) is 0.772. The summed E-state index contributed by atoms with van der Waals surface area (Å²) in [6.45, 7) is 2.36. The number of benzene rings is 1. The first kappa shape index (κ1) is 15.5. The fourth-order valence-electron chi connectivity index (χ4n) is 1.62. The van der Waals surface area contributed by atoms with E-state index in [0.29, 0.717) is 11.1 Å². The lowest BCUT2D eigenvalue weighted by Gasteiger charge is -2.01. The van der Waals surface area contributed by atoms with Gasteiger partial charge in [-0.1, -0.05) is 11.3 Å². The number of nitrogens with one attached hydrogen (secondary N) is 1. The second-order valence-corrected chi connectivity index (χ2v) is 6.03. The van der Waals surface area contributed by atoms with E-state index in [2.05, 4.69) is 31.4 Å². The van der Waals surface area contributed by atoms with Crippen LogP contribution in [-0.2, 0) is 11.2 Å². The largest absolute Gasteiger partial charge is 0.383 e. The number of rotatable bonds is 7. The molecule has 0 aliphatic carbocycles. The summed E-state index contributed by atoms with van der Waals surface area (Å²) < 4.78 is 18.7. The lowest BCUT2D eigenvalue weighted by molar-refractivity contribution is 0.199. The summed E-state index contributed by atoms with van der Waals surface area (Å²) in [5.41, 5.74) is 0.863. The molecule has 0 saturated carbocycles. The molecule has 0 spiro atoms. The highest BCUT2D eigenvalue weighted by atomic mass is 79.9. The second-order valence-electron chi connectivity index (χ2n) is 4.12. The van der Waals surface area contributed by atoms with Gasteiger partial charge in [0.2, 0.25) is 0 Å². The third kappa shape index (κ3) is 4.31. The van der Waals surface area contributed by atoms with E-state index < -0.39 is 0 Å². The van der Waals surface area contributed by atoms with Crippen molar-refractivity contribution in [2.45, 2.75) is 6.42 Å². The van der Waals surface area contributed by atoms with Crippen LogP contribution >= 0.6 is 27.3 Å². The predicted molar refractivity (Wildman–Crippen MR) is 81.5 cm³/mol. The molecule has 0 fully saturated rings. The van der Waals surface area contributed by atoms with Gasteiger partial charge in [0.1, 0.15) is 15.8 Å². The maximum atomic E-state index is 13.1. The molecule has 7 heteroatoms. The summed E-state index contributed by atoms with van der Waals surface area (Å²) in [4.78, 5) is 0. The highest BCUT2D eigenvalue weighted by Gasteiger charge is 2.10. The molecule has 0 atom stereocenters. The molecule has 0 amide bonds. The van der Waals surface area contributed by atoms with Gasteiger partial charge in [-0.05, 0) is 34.1 Å². The van der Waals surface area contributed by atoms with Crippen LogP contribution in [0.2, 0.25) is 0 Å². The van der Waals surface area contributed by atoms with Crippen molar-refractivity contribution < 1.29 is 9.13 Å². The van der Waals surface area contributed by atoms with Crippen LogP contribution in [0.1, 0.15) is 5.01 Å². The molecule has 1 aromatic heterocycles. The lowest BCUT2D eigenvalue weighted by atomic mass is 10.2. The van der Waals surface area contributed by atoms with Crippen molar-refractivity contribution in [2.75, 3.05) is 26.8 Å². The Hall–Kier alpha value is -0.890. The zero-order valence-electron chi connectivity index (χ0n) is 11.0. The van der Waals surface area contributed by atoms with Crippen molar-refractivity contribution >= 4 is 27.3 Å². The van der Waals surface area contributed by atoms with Crippen molar-refractivity contribution in [2.24, 2.45) is 0 Å². The Morgan fingerprint density at radius 2 is 2.20 bits per heavy atom. The normalized spacial score (nSPS) is 10.9. The van der Waals surface area contributed by atoms with E-state index in [1.165, 1.54) is 23.5 Å². The predicted octanol–water partition coefficient (Wildman–Crippen LogP) is 2.89. The molecule has 0 saturated heterocycles. The molecule has 2 aromatic rings. The van der Waals surface area contributed by atoms with Crippen molar-refractivity contribution in [1.29, 1.82) is 0 Å². The Morgan fingerprint density at radius 1 is 1.35 bits per heavy atom. The van der Waals surface area contributed by atoms with Crippen LogP contribution in [0.4, 0.5) is 4.39 Å². The lowest BCUT2D eigenvalue weighted by Crippen LogP contribution is -2.21. The maximum Gasteiger partial charge on any atom is 0.148 e. The summed E-state index contributed by atoms with van der Waals surface area (Å²) in [6.07, 6.45) is 0.820. The number of aromatic nitrogens is 2. The number of halogens is 2. The molecule has 0 unspecified atom stereocenters. The zero-order valence-corrected chi connectivity index (χ0v) is 13.4. The first-order valence-corrected chi connectivity index (χ1v) is 7.79. The van der Waals surface area contributed by atoms with Gasteiger partial charge in [0, 0.05) is 36.7 Å². The average Bonchev–Trinajstić information content (AvgIpc) is 2.87. The number of hydrogen-bond donors (Lipinski definition) is 1. The van der Waals surface area contributed by atoms with Gasteiger partial charge < -0.3 is 10.1 Å². The van der Waals surface area contributed by atoms with Gasteiger partial charge in [0.05, 0.1) is 6.61 Å². The van der Waals surface area contributed by atoms with Gasteiger partial charge in [-0.15, -0.1) is 10.2 Å². The Bertz CT molecular complexity index is 564. The van der Waals surface area contributed by atoms with Crippen LogP contribution in [0.3, 0.4) is 0 Å². The van der Waals surface area contributed by atoms with Crippen molar-refractivity contribution in [1.82, 2.24) is 15.5 Å². The van der Waals surface area contributed by atoms with Crippen LogP contribution < -0.4 is 5.32 Å². The second kappa shape index (κ2) is 7.78. The SMILES string of the molecule is COCCNCCc1nnc(-c2ccc(F)cc2Br)s1. The molecule has 2 rings (SSSR count). The molecule has 1 aromatic carbocycles. The standard InChI is InChI=1S/C13H15BrFN3OS/c1-19-7-6-16-5-4-12-17-18-13(20-12)10-3-2-9(15)8-11(10)14/h2-3,8,16H,4-7H2,1H3. The molecular formula is C13H15BrFN3OS. The molecule has 20 heavy (non-hydrogen) atoms. The Morgan fingerprint density at radius 3 is 2.95 bits per heavy atom. The summed E-state index contributed by atoms with van der Waals surface area (Å²) in [6, 6.07) is 4.57. The van der Waals surface area contributed by atoms with E-state index in [4.69, 9.17) is 4.74 Å². The smallest absolute Gasteiger partial charge is 0.148 e. The summed E-state index contributed by atoms with van der Waals surface area (Å²) in [5, 5.41) is 13.3. The van der Waals surface area contributed by atoms with Crippen molar-refractivity contribution in [3.8, 4) is 10.6 Å². The van der Waals surface area contributed by atoms with Gasteiger partial charge in [-0.3, -0.25) is 0 Å². The van der Waals surface area contributed by atoms with Crippen LogP contribution in [0.5, 0.6) is 0 Å². The Balaban J connectivity index is 1.95. The number of hydrogen-bond acceptors (Lipinski definition) is 5. The van der Waals surface area contributed by atoms with Gasteiger partial charge >= 0.3 is 0 Å². The summed E-state index contributed by atoms with van der Waals surface area (Å²) in [7, 11) is 1.68. The Kier molecular flexibility index (Phi) is 6.03. The molecule has 0 bridgehead atoms. The summed E-state index contributed by atoms with van der Waals surface area (Å²) >= 11 is 4.87. The first-order chi connectivity index (χ1) is 9.70. The highest BCUT2D eigenvalue weighted by molar-refractivity contribution is 9.10. The van der Waals surface area contributed by atoms with Gasteiger partial charge in [-0.25, -0.2) is 4.39 Å². The fraction of sp³-hybridized carbons (Fsp3) is 0.385. The first-order valence-electron chi connectivity index (χ1n) is 6.18. The van der Waals surface area contributed by atoms with Gasteiger partial charge in [-0.2, -0.15) is 0 Å². The molecule has 0 radical (unpaired) electrons. The molecule has 0 aliphatic heterocycles. The van der Waals surface area contributed by atoms with E-state index in [-0.39, 0.29) is 5.82 Å². The molecule has 0 aliphatic rings. The zero-order chi connectivity index (χ0) is 14.4. The number of ether oxygens (including phenoxy) is 1. The summed E-state index contributed by atoms with van der Waals surface area (Å²) in [5.74, 6) is -0.271. The Labute approximate surface area is 129 Å².